The molecule has 0 aliphatic heterocycles. The Morgan fingerprint density at radius 3 is 2.12 bits per heavy atom. The van der Waals surface area contributed by atoms with Gasteiger partial charge in [-0.1, -0.05) is 81.7 Å². The van der Waals surface area contributed by atoms with Crippen LogP contribution in [0, 0.1) is 5.92 Å². The standard InChI is InChI=1S/C21H31NO4/c23-20(24)18-14-10-5-3-1-2-4-6-11-15-19(18)22-21(25)26-16-17-12-8-7-9-13-17/h7-9,12-13,18-19H,1-6,10-11,14-16H2,(H,22,25)(H,23,24)/t18-,19+/m0/s1. The van der Waals surface area contributed by atoms with Crippen LogP contribution in [0.2, 0.25) is 0 Å². The van der Waals surface area contributed by atoms with E-state index in [0.29, 0.717) is 12.8 Å². The summed E-state index contributed by atoms with van der Waals surface area (Å²) in [6.07, 6.45) is 9.60. The molecule has 1 aliphatic carbocycles. The first-order valence-electron chi connectivity index (χ1n) is 9.87. The maximum Gasteiger partial charge on any atom is 0.407 e. The van der Waals surface area contributed by atoms with Gasteiger partial charge in [0.05, 0.1) is 5.92 Å². The van der Waals surface area contributed by atoms with E-state index in [1.165, 1.54) is 25.7 Å². The highest BCUT2D eigenvalue weighted by atomic mass is 16.5. The predicted molar refractivity (Wildman–Crippen MR) is 101 cm³/mol. The molecule has 144 valence electrons. The van der Waals surface area contributed by atoms with E-state index < -0.39 is 18.0 Å². The molecule has 1 saturated carbocycles. The fraction of sp³-hybridized carbons (Fsp3) is 0.619. The monoisotopic (exact) mass is 361 g/mol. The van der Waals surface area contributed by atoms with Crippen molar-refractivity contribution in [3.05, 3.63) is 35.9 Å². The van der Waals surface area contributed by atoms with Crippen molar-refractivity contribution < 1.29 is 19.4 Å². The second-order valence-corrected chi connectivity index (χ2v) is 7.16. The summed E-state index contributed by atoms with van der Waals surface area (Å²) in [4.78, 5) is 24.0. The van der Waals surface area contributed by atoms with Crippen molar-refractivity contribution in [2.45, 2.75) is 76.9 Å². The van der Waals surface area contributed by atoms with Crippen LogP contribution < -0.4 is 5.32 Å². The maximum atomic E-state index is 12.2. The molecule has 0 saturated heterocycles. The number of nitrogens with one attached hydrogen (secondary N) is 1. The molecule has 0 bridgehead atoms. The van der Waals surface area contributed by atoms with Gasteiger partial charge in [-0.25, -0.2) is 4.79 Å². The minimum Gasteiger partial charge on any atom is -0.481 e. The van der Waals surface area contributed by atoms with E-state index in [1.54, 1.807) is 0 Å². The van der Waals surface area contributed by atoms with Gasteiger partial charge in [-0.2, -0.15) is 0 Å². The average molecular weight is 361 g/mol. The Balaban J connectivity index is 1.92. The van der Waals surface area contributed by atoms with Gasteiger partial charge in [0.25, 0.3) is 0 Å². The quantitative estimate of drug-likeness (QED) is 0.800. The maximum absolute atomic E-state index is 12.2. The van der Waals surface area contributed by atoms with E-state index in [-0.39, 0.29) is 12.6 Å². The first-order chi connectivity index (χ1) is 12.7. The van der Waals surface area contributed by atoms with Gasteiger partial charge in [0, 0.05) is 6.04 Å². The Morgan fingerprint density at radius 2 is 1.50 bits per heavy atom. The van der Waals surface area contributed by atoms with Crippen molar-refractivity contribution in [2.75, 3.05) is 0 Å². The van der Waals surface area contributed by atoms with Crippen molar-refractivity contribution in [1.82, 2.24) is 5.32 Å². The van der Waals surface area contributed by atoms with Crippen molar-refractivity contribution in [3.63, 3.8) is 0 Å². The number of carboxylic acids is 1. The molecule has 1 amide bonds. The molecule has 26 heavy (non-hydrogen) atoms. The van der Waals surface area contributed by atoms with E-state index in [2.05, 4.69) is 5.32 Å². The molecule has 0 radical (unpaired) electrons. The third-order valence-corrected chi connectivity index (χ3v) is 5.10. The van der Waals surface area contributed by atoms with Crippen molar-refractivity contribution >= 4 is 12.1 Å². The number of aliphatic carboxylic acids is 1. The zero-order chi connectivity index (χ0) is 18.6. The first kappa shape index (κ1) is 20.3. The summed E-state index contributed by atoms with van der Waals surface area (Å²) in [5, 5.41) is 12.5. The molecule has 1 aromatic rings. The normalized spacial score (nSPS) is 22.5. The SMILES string of the molecule is O=C(N[C@@H]1CCCCCCCCCC[C@@H]1C(=O)O)OCc1ccccc1. The fourth-order valence-electron chi connectivity index (χ4n) is 3.58. The molecule has 0 spiro atoms. The van der Waals surface area contributed by atoms with Crippen LogP contribution in [0.4, 0.5) is 4.79 Å². The summed E-state index contributed by atoms with van der Waals surface area (Å²) < 4.78 is 5.29. The van der Waals surface area contributed by atoms with Crippen LogP contribution in [0.25, 0.3) is 0 Å². The van der Waals surface area contributed by atoms with Crippen LogP contribution in [0.5, 0.6) is 0 Å². The third-order valence-electron chi connectivity index (χ3n) is 5.10. The number of ether oxygens (including phenoxy) is 1. The van der Waals surface area contributed by atoms with Crippen molar-refractivity contribution in [1.29, 1.82) is 0 Å². The number of alkyl carbamates (subject to hydrolysis) is 1. The highest BCUT2D eigenvalue weighted by Crippen LogP contribution is 2.22. The van der Waals surface area contributed by atoms with E-state index in [9.17, 15) is 14.7 Å². The highest BCUT2D eigenvalue weighted by Gasteiger charge is 2.29. The van der Waals surface area contributed by atoms with Gasteiger partial charge in [0.2, 0.25) is 0 Å². The number of hydrogen-bond acceptors (Lipinski definition) is 3. The van der Waals surface area contributed by atoms with Crippen LogP contribution in [-0.4, -0.2) is 23.2 Å². The molecule has 1 fully saturated rings. The second kappa shape index (κ2) is 11.6. The lowest BCUT2D eigenvalue weighted by atomic mass is 9.88. The van der Waals surface area contributed by atoms with Gasteiger partial charge in [-0.05, 0) is 18.4 Å². The summed E-state index contributed by atoms with van der Waals surface area (Å²) in [5.74, 6) is -1.37. The van der Waals surface area contributed by atoms with E-state index in [4.69, 9.17) is 4.74 Å². The molecule has 0 heterocycles. The topological polar surface area (TPSA) is 75.6 Å². The fourth-order valence-corrected chi connectivity index (χ4v) is 3.58. The van der Waals surface area contributed by atoms with Gasteiger partial charge in [-0.3, -0.25) is 4.79 Å². The van der Waals surface area contributed by atoms with Gasteiger partial charge in [-0.15, -0.1) is 0 Å². The minimum atomic E-state index is -0.824. The molecule has 0 unspecified atom stereocenters. The molecule has 5 nitrogen and oxygen atoms in total. The minimum absolute atomic E-state index is 0.192. The van der Waals surface area contributed by atoms with Gasteiger partial charge < -0.3 is 15.2 Å². The zero-order valence-corrected chi connectivity index (χ0v) is 15.5. The molecule has 0 aromatic heterocycles. The molecular formula is C21H31NO4. The lowest BCUT2D eigenvalue weighted by molar-refractivity contribution is -0.143. The molecular weight excluding hydrogens is 330 g/mol. The number of benzene rings is 1. The molecule has 1 aromatic carbocycles. The van der Waals surface area contributed by atoms with Crippen LogP contribution in [-0.2, 0) is 16.1 Å². The number of carbonyl (C=O) groups excluding carboxylic acids is 1. The van der Waals surface area contributed by atoms with Crippen molar-refractivity contribution in [3.8, 4) is 0 Å². The van der Waals surface area contributed by atoms with Gasteiger partial charge in [0.15, 0.2) is 0 Å². The number of rotatable bonds is 4. The van der Waals surface area contributed by atoms with Crippen LogP contribution in [0.3, 0.4) is 0 Å². The van der Waals surface area contributed by atoms with E-state index in [1.807, 2.05) is 30.3 Å². The Labute approximate surface area is 156 Å². The molecule has 2 N–H and O–H groups in total. The smallest absolute Gasteiger partial charge is 0.407 e. The zero-order valence-electron chi connectivity index (χ0n) is 15.5. The summed E-state index contributed by atoms with van der Waals surface area (Å²) in [6, 6.07) is 9.11. The Kier molecular flexibility index (Phi) is 9.01. The predicted octanol–water partition coefficient (Wildman–Crippen LogP) is 4.90. The van der Waals surface area contributed by atoms with Crippen LogP contribution >= 0.6 is 0 Å². The Morgan fingerprint density at radius 1 is 0.923 bits per heavy atom. The number of hydrogen-bond donors (Lipinski definition) is 2. The van der Waals surface area contributed by atoms with E-state index in [0.717, 1.165) is 31.2 Å². The first-order valence-corrected chi connectivity index (χ1v) is 9.87. The highest BCUT2D eigenvalue weighted by molar-refractivity contribution is 5.73. The van der Waals surface area contributed by atoms with Crippen LogP contribution in [0.15, 0.2) is 30.3 Å². The van der Waals surface area contributed by atoms with Crippen molar-refractivity contribution in [2.24, 2.45) is 5.92 Å². The number of carbonyl (C=O) groups is 2. The lowest BCUT2D eigenvalue weighted by Crippen LogP contribution is -2.43. The van der Waals surface area contributed by atoms with Crippen LogP contribution in [0.1, 0.15) is 69.8 Å². The Hall–Kier alpha value is -2.04. The average Bonchev–Trinajstić information content (AvgIpc) is 2.63. The molecule has 5 heteroatoms. The summed E-state index contributed by atoms with van der Waals surface area (Å²) in [7, 11) is 0. The molecule has 1 aliphatic rings. The molecule has 2 rings (SSSR count). The second-order valence-electron chi connectivity index (χ2n) is 7.16. The summed E-state index contributed by atoms with van der Waals surface area (Å²) in [5.41, 5.74) is 0.913. The van der Waals surface area contributed by atoms with Gasteiger partial charge in [0.1, 0.15) is 6.61 Å². The largest absolute Gasteiger partial charge is 0.481 e. The molecule has 2 atom stereocenters. The lowest BCUT2D eigenvalue weighted by Gasteiger charge is -2.25. The number of amides is 1. The Bertz CT molecular complexity index is 546. The summed E-state index contributed by atoms with van der Waals surface area (Å²) >= 11 is 0. The number of carboxylic acid groups (broad SMARTS) is 1. The summed E-state index contributed by atoms with van der Waals surface area (Å²) in [6.45, 7) is 0.192. The third kappa shape index (κ3) is 7.46. The van der Waals surface area contributed by atoms with E-state index >= 15 is 0 Å². The van der Waals surface area contributed by atoms with Gasteiger partial charge >= 0.3 is 12.1 Å².